The van der Waals surface area contributed by atoms with Crippen LogP contribution in [0.25, 0.3) is 0 Å². The molecular formula is C10H13N3O2. The van der Waals surface area contributed by atoms with Crippen LogP contribution in [-0.2, 0) is 4.74 Å². The molecule has 0 saturated carbocycles. The van der Waals surface area contributed by atoms with Gasteiger partial charge in [-0.05, 0) is 13.0 Å². The average molecular weight is 207 g/mol. The van der Waals surface area contributed by atoms with E-state index in [9.17, 15) is 4.79 Å². The fraction of sp³-hybridized carbons (Fsp3) is 0.500. The topological polar surface area (TPSA) is 55.3 Å². The van der Waals surface area contributed by atoms with Crippen LogP contribution in [0.5, 0.6) is 0 Å². The molecule has 1 atom stereocenters. The van der Waals surface area contributed by atoms with Crippen LogP contribution in [0.4, 0.5) is 5.69 Å². The number of carbonyl (C=O) groups is 1. The lowest BCUT2D eigenvalue weighted by atomic mass is 10.2. The molecule has 1 aromatic rings. The monoisotopic (exact) mass is 207 g/mol. The molecule has 0 aliphatic carbocycles. The highest BCUT2D eigenvalue weighted by atomic mass is 16.5. The predicted octanol–water partition coefficient (Wildman–Crippen LogP) is 0.514. The molecule has 1 aliphatic rings. The van der Waals surface area contributed by atoms with Crippen LogP contribution < -0.4 is 4.90 Å². The van der Waals surface area contributed by atoms with Crippen LogP contribution in [-0.4, -0.2) is 42.3 Å². The maximum Gasteiger partial charge on any atom is 0.170 e. The molecule has 0 aromatic carbocycles. The molecular weight excluding hydrogens is 194 g/mol. The maximum atomic E-state index is 10.6. The third-order valence-corrected chi connectivity index (χ3v) is 2.39. The summed E-state index contributed by atoms with van der Waals surface area (Å²) >= 11 is 0. The minimum absolute atomic E-state index is 0.214. The smallest absolute Gasteiger partial charge is 0.170 e. The second-order valence-electron chi connectivity index (χ2n) is 3.58. The lowest BCUT2D eigenvalue weighted by molar-refractivity contribution is 0.0532. The SMILES string of the molecule is CC1CN(c2cnnc(C=O)c2)CCO1. The summed E-state index contributed by atoms with van der Waals surface area (Å²) < 4.78 is 5.44. The van der Waals surface area contributed by atoms with Crippen LogP contribution in [0.1, 0.15) is 17.4 Å². The van der Waals surface area contributed by atoms with Gasteiger partial charge in [-0.15, -0.1) is 5.10 Å². The first-order chi connectivity index (χ1) is 7.29. The number of rotatable bonds is 2. The Bertz CT molecular complexity index is 356. The Kier molecular flexibility index (Phi) is 2.91. The number of aldehydes is 1. The number of anilines is 1. The molecule has 1 unspecified atom stereocenters. The summed E-state index contributed by atoms with van der Waals surface area (Å²) in [5.74, 6) is 0. The van der Waals surface area contributed by atoms with Gasteiger partial charge in [0.25, 0.3) is 0 Å². The summed E-state index contributed by atoms with van der Waals surface area (Å²) in [6.45, 7) is 4.39. The van der Waals surface area contributed by atoms with E-state index in [0.717, 1.165) is 18.8 Å². The molecule has 1 aliphatic heterocycles. The number of hydrogen-bond donors (Lipinski definition) is 0. The van der Waals surface area contributed by atoms with Crippen LogP contribution in [0.15, 0.2) is 12.3 Å². The van der Waals surface area contributed by atoms with E-state index in [4.69, 9.17) is 4.74 Å². The molecule has 80 valence electrons. The van der Waals surface area contributed by atoms with E-state index in [1.165, 1.54) is 0 Å². The molecule has 1 aromatic heterocycles. The second-order valence-corrected chi connectivity index (χ2v) is 3.58. The predicted molar refractivity (Wildman–Crippen MR) is 55.0 cm³/mol. The molecule has 0 radical (unpaired) electrons. The third-order valence-electron chi connectivity index (χ3n) is 2.39. The number of morpholine rings is 1. The van der Waals surface area contributed by atoms with Crippen molar-refractivity contribution >= 4 is 12.0 Å². The number of nitrogens with zero attached hydrogens (tertiary/aromatic N) is 3. The fourth-order valence-electron chi connectivity index (χ4n) is 1.66. The van der Waals surface area contributed by atoms with E-state index >= 15 is 0 Å². The largest absolute Gasteiger partial charge is 0.375 e. The molecule has 2 rings (SSSR count). The zero-order chi connectivity index (χ0) is 10.7. The van der Waals surface area contributed by atoms with Gasteiger partial charge in [0.05, 0.1) is 24.6 Å². The summed E-state index contributed by atoms with van der Waals surface area (Å²) in [4.78, 5) is 12.7. The Morgan fingerprint density at radius 1 is 1.67 bits per heavy atom. The minimum Gasteiger partial charge on any atom is -0.375 e. The summed E-state index contributed by atoms with van der Waals surface area (Å²) in [6, 6.07) is 1.75. The first kappa shape index (κ1) is 10.0. The van der Waals surface area contributed by atoms with Crippen molar-refractivity contribution in [2.24, 2.45) is 0 Å². The van der Waals surface area contributed by atoms with Gasteiger partial charge in [0.15, 0.2) is 6.29 Å². The maximum absolute atomic E-state index is 10.6. The zero-order valence-corrected chi connectivity index (χ0v) is 8.59. The summed E-state index contributed by atoms with van der Waals surface area (Å²) in [6.07, 6.45) is 2.59. The summed E-state index contributed by atoms with van der Waals surface area (Å²) in [7, 11) is 0. The van der Waals surface area contributed by atoms with Crippen molar-refractivity contribution in [3.05, 3.63) is 18.0 Å². The lowest BCUT2D eigenvalue weighted by Gasteiger charge is -2.32. The van der Waals surface area contributed by atoms with Crippen molar-refractivity contribution in [3.8, 4) is 0 Å². The number of hydrogen-bond acceptors (Lipinski definition) is 5. The van der Waals surface area contributed by atoms with Gasteiger partial charge in [-0.2, -0.15) is 5.10 Å². The van der Waals surface area contributed by atoms with Crippen molar-refractivity contribution in [1.82, 2.24) is 10.2 Å². The van der Waals surface area contributed by atoms with Gasteiger partial charge in [-0.3, -0.25) is 4.79 Å². The first-order valence-electron chi connectivity index (χ1n) is 4.94. The molecule has 0 spiro atoms. The van der Waals surface area contributed by atoms with Crippen LogP contribution >= 0.6 is 0 Å². The minimum atomic E-state index is 0.214. The highest BCUT2D eigenvalue weighted by Gasteiger charge is 2.17. The van der Waals surface area contributed by atoms with Gasteiger partial charge in [-0.25, -0.2) is 0 Å². The van der Waals surface area contributed by atoms with E-state index in [1.807, 2.05) is 6.92 Å². The second kappa shape index (κ2) is 4.35. The van der Waals surface area contributed by atoms with Gasteiger partial charge in [0.1, 0.15) is 5.69 Å². The highest BCUT2D eigenvalue weighted by Crippen LogP contribution is 2.16. The van der Waals surface area contributed by atoms with Crippen LogP contribution in [0, 0.1) is 0 Å². The van der Waals surface area contributed by atoms with Gasteiger partial charge in [0, 0.05) is 13.1 Å². The molecule has 5 nitrogen and oxygen atoms in total. The zero-order valence-electron chi connectivity index (χ0n) is 8.59. The van der Waals surface area contributed by atoms with Crippen molar-refractivity contribution in [2.45, 2.75) is 13.0 Å². The fourth-order valence-corrected chi connectivity index (χ4v) is 1.66. The Labute approximate surface area is 88.1 Å². The Morgan fingerprint density at radius 2 is 2.53 bits per heavy atom. The van der Waals surface area contributed by atoms with E-state index in [0.29, 0.717) is 18.6 Å². The molecule has 0 N–H and O–H groups in total. The van der Waals surface area contributed by atoms with Crippen LogP contribution in [0.3, 0.4) is 0 Å². The first-order valence-corrected chi connectivity index (χ1v) is 4.94. The standard InChI is InChI=1S/C10H13N3O2/c1-8-6-13(2-3-15-8)10-4-9(7-14)12-11-5-10/h4-5,7-8H,2-3,6H2,1H3. The molecule has 0 amide bonds. The van der Waals surface area contributed by atoms with Crippen molar-refractivity contribution in [1.29, 1.82) is 0 Å². The quantitative estimate of drug-likeness (QED) is 0.661. The highest BCUT2D eigenvalue weighted by molar-refractivity contribution is 5.73. The van der Waals surface area contributed by atoms with Crippen LogP contribution in [0.2, 0.25) is 0 Å². The Morgan fingerprint density at radius 3 is 3.27 bits per heavy atom. The van der Waals surface area contributed by atoms with E-state index in [-0.39, 0.29) is 6.10 Å². The van der Waals surface area contributed by atoms with Crippen molar-refractivity contribution in [3.63, 3.8) is 0 Å². The van der Waals surface area contributed by atoms with Gasteiger partial charge in [0.2, 0.25) is 0 Å². The van der Waals surface area contributed by atoms with Crippen molar-refractivity contribution < 1.29 is 9.53 Å². The Balaban J connectivity index is 2.17. The van der Waals surface area contributed by atoms with E-state index in [2.05, 4.69) is 15.1 Å². The van der Waals surface area contributed by atoms with Gasteiger partial charge in [-0.1, -0.05) is 0 Å². The molecule has 5 heteroatoms. The van der Waals surface area contributed by atoms with Crippen molar-refractivity contribution in [2.75, 3.05) is 24.6 Å². The number of carbonyl (C=O) groups excluding carboxylic acids is 1. The lowest BCUT2D eigenvalue weighted by Crippen LogP contribution is -2.41. The van der Waals surface area contributed by atoms with E-state index in [1.54, 1.807) is 12.3 Å². The summed E-state index contributed by atoms with van der Waals surface area (Å²) in [5, 5.41) is 7.49. The molecule has 1 fully saturated rings. The molecule has 15 heavy (non-hydrogen) atoms. The van der Waals surface area contributed by atoms with Gasteiger partial charge < -0.3 is 9.64 Å². The molecule has 2 heterocycles. The number of ether oxygens (including phenoxy) is 1. The van der Waals surface area contributed by atoms with Gasteiger partial charge >= 0.3 is 0 Å². The Hall–Kier alpha value is -1.49. The summed E-state index contributed by atoms with van der Waals surface area (Å²) in [5.41, 5.74) is 1.30. The number of aromatic nitrogens is 2. The normalized spacial score (nSPS) is 21.4. The average Bonchev–Trinajstić information content (AvgIpc) is 2.29. The molecule has 0 bridgehead atoms. The third kappa shape index (κ3) is 2.30. The van der Waals surface area contributed by atoms with E-state index < -0.39 is 0 Å². The molecule has 1 saturated heterocycles.